The van der Waals surface area contributed by atoms with Gasteiger partial charge in [-0.2, -0.15) is 5.10 Å². The largest absolute Gasteiger partial charge is 0.354 e. The average molecular weight is 592 g/mol. The lowest BCUT2D eigenvalue weighted by Gasteiger charge is -2.35. The van der Waals surface area contributed by atoms with E-state index in [0.29, 0.717) is 47.0 Å². The van der Waals surface area contributed by atoms with E-state index in [4.69, 9.17) is 0 Å². The molecule has 0 aliphatic carbocycles. The van der Waals surface area contributed by atoms with Gasteiger partial charge in [0.15, 0.2) is 11.5 Å². The van der Waals surface area contributed by atoms with Crippen molar-refractivity contribution < 1.29 is 9.59 Å². The molecule has 0 saturated carbocycles. The van der Waals surface area contributed by atoms with Gasteiger partial charge in [0.2, 0.25) is 0 Å². The van der Waals surface area contributed by atoms with Gasteiger partial charge in [0.25, 0.3) is 17.4 Å². The molecule has 0 radical (unpaired) electrons. The molecule has 0 spiro atoms. The Labute approximate surface area is 234 Å². The van der Waals surface area contributed by atoms with Crippen LogP contribution in [0.2, 0.25) is 0 Å². The summed E-state index contributed by atoms with van der Waals surface area (Å²) in [6.07, 6.45) is 2.84. The maximum atomic E-state index is 14.1. The minimum absolute atomic E-state index is 0.0914. The Kier molecular flexibility index (Phi) is 7.11. The lowest BCUT2D eigenvalue weighted by atomic mass is 9.98. The standard InChI is InChI=1S/C28H30BrN7O3/c1-15(2)10-19-13-31-36-23-14-34(27(38)18-6-7-21(29)16(3)11-18)17(4)12-20(23)28(39)35(26(19)36)24-9-8-22(32-33-24)25(37)30-5/h6-9,11,13,15,17H,10,12,14H2,1-5H3,(H,30,37)/t17-/m0/s1. The zero-order chi connectivity index (χ0) is 28.0. The van der Waals surface area contributed by atoms with Crippen molar-refractivity contribution in [1.29, 1.82) is 0 Å². The molecule has 202 valence electrons. The summed E-state index contributed by atoms with van der Waals surface area (Å²) in [5.74, 6) is 0.174. The predicted molar refractivity (Wildman–Crippen MR) is 150 cm³/mol. The SMILES string of the molecule is CNC(=O)c1ccc(-n2c(=O)c3c(n4ncc(CC(C)C)c24)CN(C(=O)c2ccc(Br)c(C)c2)[C@@H](C)C3)nn1. The highest BCUT2D eigenvalue weighted by Crippen LogP contribution is 2.27. The van der Waals surface area contributed by atoms with Crippen LogP contribution in [-0.4, -0.2) is 54.2 Å². The molecule has 0 saturated heterocycles. The number of aromatic nitrogens is 5. The third-order valence-electron chi connectivity index (χ3n) is 7.08. The number of aryl methyl sites for hydroxylation is 1. The lowest BCUT2D eigenvalue weighted by molar-refractivity contribution is 0.0651. The number of nitrogens with one attached hydrogen (secondary N) is 1. The van der Waals surface area contributed by atoms with E-state index in [9.17, 15) is 14.4 Å². The van der Waals surface area contributed by atoms with E-state index in [-0.39, 0.29) is 35.7 Å². The molecule has 3 aromatic heterocycles. The van der Waals surface area contributed by atoms with E-state index in [1.807, 2.05) is 32.0 Å². The van der Waals surface area contributed by atoms with Crippen molar-refractivity contribution >= 4 is 33.4 Å². The van der Waals surface area contributed by atoms with E-state index in [0.717, 1.165) is 15.6 Å². The zero-order valence-electron chi connectivity index (χ0n) is 22.5. The van der Waals surface area contributed by atoms with Crippen LogP contribution in [0.15, 0.2) is 45.8 Å². The van der Waals surface area contributed by atoms with Gasteiger partial charge < -0.3 is 10.2 Å². The highest BCUT2D eigenvalue weighted by atomic mass is 79.9. The zero-order valence-corrected chi connectivity index (χ0v) is 24.1. The summed E-state index contributed by atoms with van der Waals surface area (Å²) in [7, 11) is 1.52. The first-order valence-electron chi connectivity index (χ1n) is 12.9. The number of hydrogen-bond acceptors (Lipinski definition) is 6. The van der Waals surface area contributed by atoms with Gasteiger partial charge in [0.05, 0.1) is 18.4 Å². The van der Waals surface area contributed by atoms with Crippen molar-refractivity contribution in [2.24, 2.45) is 5.92 Å². The minimum atomic E-state index is -0.360. The molecular formula is C28H30BrN7O3. The summed E-state index contributed by atoms with van der Waals surface area (Å²) in [6.45, 7) is 8.36. The molecule has 11 heteroatoms. The third-order valence-corrected chi connectivity index (χ3v) is 7.97. The van der Waals surface area contributed by atoms with Gasteiger partial charge in [-0.1, -0.05) is 29.8 Å². The van der Waals surface area contributed by atoms with E-state index in [2.05, 4.69) is 50.4 Å². The first-order chi connectivity index (χ1) is 18.6. The van der Waals surface area contributed by atoms with Gasteiger partial charge in [0.1, 0.15) is 5.65 Å². The molecule has 10 nitrogen and oxygen atoms in total. The normalized spacial score (nSPS) is 15.1. The Bertz CT molecular complexity index is 1660. The molecule has 5 rings (SSSR count). The summed E-state index contributed by atoms with van der Waals surface area (Å²) < 4.78 is 4.24. The predicted octanol–water partition coefficient (Wildman–Crippen LogP) is 3.49. The van der Waals surface area contributed by atoms with Gasteiger partial charge >= 0.3 is 0 Å². The van der Waals surface area contributed by atoms with Gasteiger partial charge in [-0.25, -0.2) is 9.08 Å². The topological polar surface area (TPSA) is 114 Å². The fraction of sp³-hybridized carbons (Fsp3) is 0.357. The molecular weight excluding hydrogens is 562 g/mol. The Morgan fingerprint density at radius 2 is 1.95 bits per heavy atom. The summed E-state index contributed by atoms with van der Waals surface area (Å²) in [6, 6.07) is 8.52. The Morgan fingerprint density at radius 1 is 1.18 bits per heavy atom. The highest BCUT2D eigenvalue weighted by molar-refractivity contribution is 9.10. The molecule has 0 fully saturated rings. The Morgan fingerprint density at radius 3 is 2.59 bits per heavy atom. The fourth-order valence-electron chi connectivity index (χ4n) is 5.09. The molecule has 1 aliphatic heterocycles. The van der Waals surface area contributed by atoms with E-state index >= 15 is 0 Å². The summed E-state index contributed by atoms with van der Waals surface area (Å²) >= 11 is 3.50. The molecule has 0 unspecified atom stereocenters. The van der Waals surface area contributed by atoms with Gasteiger partial charge in [-0.05, 0) is 68.5 Å². The van der Waals surface area contributed by atoms with Crippen molar-refractivity contribution in [3.8, 4) is 5.82 Å². The van der Waals surface area contributed by atoms with Crippen LogP contribution in [0.4, 0.5) is 0 Å². The Balaban J connectivity index is 1.66. The first-order valence-corrected chi connectivity index (χ1v) is 13.7. The number of carbonyl (C=O) groups excluding carboxylic acids is 2. The number of hydrogen-bond donors (Lipinski definition) is 1. The summed E-state index contributed by atoms with van der Waals surface area (Å²) in [4.78, 5) is 41.5. The highest BCUT2D eigenvalue weighted by Gasteiger charge is 2.33. The molecule has 39 heavy (non-hydrogen) atoms. The van der Waals surface area contributed by atoms with Crippen molar-refractivity contribution in [2.45, 2.75) is 53.1 Å². The lowest BCUT2D eigenvalue weighted by Crippen LogP contribution is -2.46. The van der Waals surface area contributed by atoms with Crippen LogP contribution in [0.3, 0.4) is 0 Å². The Hall–Kier alpha value is -3.86. The fourth-order valence-corrected chi connectivity index (χ4v) is 5.34. The van der Waals surface area contributed by atoms with Crippen molar-refractivity contribution in [2.75, 3.05) is 7.05 Å². The second-order valence-electron chi connectivity index (χ2n) is 10.4. The molecule has 4 heterocycles. The third kappa shape index (κ3) is 4.75. The maximum Gasteiger partial charge on any atom is 0.271 e. The van der Waals surface area contributed by atoms with Crippen LogP contribution in [0.1, 0.15) is 64.0 Å². The van der Waals surface area contributed by atoms with Crippen molar-refractivity contribution in [3.63, 3.8) is 0 Å². The van der Waals surface area contributed by atoms with Gasteiger partial charge in [-0.3, -0.25) is 14.4 Å². The number of benzene rings is 1. The number of nitrogens with zero attached hydrogens (tertiary/aromatic N) is 6. The second kappa shape index (κ2) is 10.4. The average Bonchev–Trinajstić information content (AvgIpc) is 3.32. The van der Waals surface area contributed by atoms with Gasteiger partial charge in [0, 0.05) is 34.3 Å². The van der Waals surface area contributed by atoms with E-state index in [1.165, 1.54) is 11.6 Å². The number of amides is 2. The summed E-state index contributed by atoms with van der Waals surface area (Å²) in [5.41, 5.74) is 4.28. The van der Waals surface area contributed by atoms with E-state index in [1.54, 1.807) is 27.7 Å². The molecule has 0 bridgehead atoms. The quantitative estimate of drug-likeness (QED) is 0.380. The smallest absolute Gasteiger partial charge is 0.271 e. The van der Waals surface area contributed by atoms with Crippen LogP contribution in [0.25, 0.3) is 11.5 Å². The van der Waals surface area contributed by atoms with Crippen LogP contribution >= 0.6 is 15.9 Å². The number of rotatable bonds is 5. The van der Waals surface area contributed by atoms with Crippen LogP contribution < -0.4 is 10.9 Å². The summed E-state index contributed by atoms with van der Waals surface area (Å²) in [5, 5.41) is 15.5. The molecule has 2 amide bonds. The van der Waals surface area contributed by atoms with E-state index < -0.39 is 0 Å². The number of carbonyl (C=O) groups is 2. The number of halogens is 1. The van der Waals surface area contributed by atoms with Crippen LogP contribution in [-0.2, 0) is 19.4 Å². The second-order valence-corrected chi connectivity index (χ2v) is 11.2. The molecule has 4 aromatic rings. The monoisotopic (exact) mass is 591 g/mol. The van der Waals surface area contributed by atoms with Gasteiger partial charge in [-0.15, -0.1) is 10.2 Å². The van der Waals surface area contributed by atoms with Crippen molar-refractivity contribution in [1.82, 2.24) is 34.6 Å². The maximum absolute atomic E-state index is 14.1. The molecule has 1 atom stereocenters. The number of fused-ring (bicyclic) bond motifs is 3. The minimum Gasteiger partial charge on any atom is -0.354 e. The molecule has 1 N–H and O–H groups in total. The molecule has 1 aromatic carbocycles. The van der Waals surface area contributed by atoms with Crippen LogP contribution in [0, 0.1) is 12.8 Å². The van der Waals surface area contributed by atoms with Crippen LogP contribution in [0.5, 0.6) is 0 Å². The van der Waals surface area contributed by atoms with Crippen molar-refractivity contribution in [3.05, 3.63) is 85.0 Å². The first kappa shape index (κ1) is 26.7. The molecule has 1 aliphatic rings.